The molecule has 0 saturated heterocycles. The lowest BCUT2D eigenvalue weighted by molar-refractivity contribution is -0.0319. The number of rotatable bonds is 18. The van der Waals surface area contributed by atoms with Crippen LogP contribution in [0.2, 0.25) is 0 Å². The molecule has 0 radical (unpaired) electrons. The van der Waals surface area contributed by atoms with Crippen LogP contribution in [0.5, 0.6) is 0 Å². The molecule has 0 heterocycles. The molecule has 11 nitrogen and oxygen atoms in total. The van der Waals surface area contributed by atoms with Gasteiger partial charge >= 0.3 is 0 Å². The van der Waals surface area contributed by atoms with E-state index in [1.807, 2.05) is 34.6 Å². The lowest BCUT2D eigenvalue weighted by Gasteiger charge is -2.14. The standard InChI is InChI=1S/C11H26N2O3.C6H16N2O.C4H12N2O/c1-9(12)6-14-4-5-16-11(3)8-15-7-10(2)13;1-5(7)3-9-4-6(2)8;5-1-3-7-4-2-6/h9-11H,4-8,12-13H2,1-3H3;5-6H,3-4,7-8H2,1-2H3;1-6H2. The summed E-state index contributed by atoms with van der Waals surface area (Å²) in [5.41, 5.74) is 32.1. The second-order valence-electron chi connectivity index (χ2n) is 7.93. The van der Waals surface area contributed by atoms with Gasteiger partial charge in [0.05, 0.1) is 65.6 Å². The minimum atomic E-state index is 0.0673. The summed E-state index contributed by atoms with van der Waals surface area (Å²) in [5, 5.41) is 0. The monoisotopic (exact) mass is 470 g/mol. The van der Waals surface area contributed by atoms with Crippen molar-refractivity contribution in [3.8, 4) is 0 Å². The number of hydrogen-bond acceptors (Lipinski definition) is 11. The van der Waals surface area contributed by atoms with Gasteiger partial charge < -0.3 is 58.1 Å². The molecular weight excluding hydrogens is 416 g/mol. The predicted molar refractivity (Wildman–Crippen MR) is 131 cm³/mol. The Morgan fingerprint density at radius 3 is 1.22 bits per heavy atom. The zero-order chi connectivity index (χ0) is 25.2. The largest absolute Gasteiger partial charge is 0.379 e. The molecule has 0 aliphatic heterocycles. The van der Waals surface area contributed by atoms with Crippen molar-refractivity contribution >= 4 is 0 Å². The van der Waals surface area contributed by atoms with Crippen LogP contribution in [0.1, 0.15) is 34.6 Å². The van der Waals surface area contributed by atoms with Crippen molar-refractivity contribution in [2.45, 2.75) is 64.9 Å². The van der Waals surface area contributed by atoms with Crippen molar-refractivity contribution in [2.75, 3.05) is 72.6 Å². The van der Waals surface area contributed by atoms with E-state index in [9.17, 15) is 0 Å². The third kappa shape index (κ3) is 43.4. The Morgan fingerprint density at radius 2 is 0.844 bits per heavy atom. The third-order valence-corrected chi connectivity index (χ3v) is 3.03. The summed E-state index contributed by atoms with van der Waals surface area (Å²) in [7, 11) is 0. The molecule has 32 heavy (non-hydrogen) atoms. The van der Waals surface area contributed by atoms with Gasteiger partial charge in [-0.3, -0.25) is 0 Å². The fourth-order valence-electron chi connectivity index (χ4n) is 1.75. The Labute approximate surface area is 196 Å². The summed E-state index contributed by atoms with van der Waals surface area (Å²) >= 11 is 0. The van der Waals surface area contributed by atoms with E-state index in [0.717, 1.165) is 0 Å². The number of ether oxygens (including phenoxy) is 5. The van der Waals surface area contributed by atoms with Gasteiger partial charge in [-0.2, -0.15) is 0 Å². The van der Waals surface area contributed by atoms with E-state index in [4.69, 9.17) is 58.1 Å². The molecule has 0 saturated carbocycles. The summed E-state index contributed by atoms with van der Waals surface area (Å²) in [6.45, 7) is 16.0. The Hall–Kier alpha value is -0.440. The lowest BCUT2D eigenvalue weighted by atomic mass is 10.4. The maximum Gasteiger partial charge on any atom is 0.0781 e. The van der Waals surface area contributed by atoms with E-state index < -0.39 is 0 Å². The first-order chi connectivity index (χ1) is 15.1. The van der Waals surface area contributed by atoms with Crippen molar-refractivity contribution in [2.24, 2.45) is 34.4 Å². The van der Waals surface area contributed by atoms with Gasteiger partial charge in [0.15, 0.2) is 0 Å². The highest BCUT2D eigenvalue weighted by atomic mass is 16.5. The molecule has 5 atom stereocenters. The first-order valence-corrected chi connectivity index (χ1v) is 11.4. The first-order valence-electron chi connectivity index (χ1n) is 11.4. The van der Waals surface area contributed by atoms with Crippen LogP contribution in [0.25, 0.3) is 0 Å². The molecule has 198 valence electrons. The second-order valence-corrected chi connectivity index (χ2v) is 7.93. The molecule has 12 N–H and O–H groups in total. The molecule has 0 aliphatic rings. The van der Waals surface area contributed by atoms with Crippen LogP contribution < -0.4 is 34.4 Å². The van der Waals surface area contributed by atoms with Crippen molar-refractivity contribution in [3.63, 3.8) is 0 Å². The minimum absolute atomic E-state index is 0.0673. The number of nitrogens with two attached hydrogens (primary N) is 6. The zero-order valence-corrected chi connectivity index (χ0v) is 21.2. The van der Waals surface area contributed by atoms with E-state index >= 15 is 0 Å². The SMILES string of the molecule is CC(N)COCC(C)N.CC(N)COCCOC(C)COCC(C)N.NCCOCCN. The predicted octanol–water partition coefficient (Wildman–Crippen LogP) is -1.26. The van der Waals surface area contributed by atoms with Crippen LogP contribution in [0, 0.1) is 0 Å². The average molecular weight is 471 g/mol. The van der Waals surface area contributed by atoms with Crippen molar-refractivity contribution < 1.29 is 23.7 Å². The normalized spacial score (nSPS) is 15.5. The van der Waals surface area contributed by atoms with E-state index in [1.165, 1.54) is 0 Å². The van der Waals surface area contributed by atoms with E-state index in [2.05, 4.69) is 0 Å². The molecular formula is C21H54N6O5. The molecule has 5 unspecified atom stereocenters. The van der Waals surface area contributed by atoms with Crippen LogP contribution in [-0.4, -0.2) is 103 Å². The quantitative estimate of drug-likeness (QED) is 0.130. The smallest absolute Gasteiger partial charge is 0.0781 e. The highest BCUT2D eigenvalue weighted by Crippen LogP contribution is 1.93. The Bertz CT molecular complexity index is 328. The molecule has 0 aromatic heterocycles. The Kier molecular flexibility index (Phi) is 32.3. The van der Waals surface area contributed by atoms with Gasteiger partial charge in [-0.25, -0.2) is 0 Å². The van der Waals surface area contributed by atoms with Crippen LogP contribution in [0.15, 0.2) is 0 Å². The fourth-order valence-corrected chi connectivity index (χ4v) is 1.75. The van der Waals surface area contributed by atoms with E-state index in [-0.39, 0.29) is 30.3 Å². The molecule has 0 aliphatic carbocycles. The Morgan fingerprint density at radius 1 is 0.469 bits per heavy atom. The molecule has 0 spiro atoms. The van der Waals surface area contributed by atoms with Crippen LogP contribution in [-0.2, 0) is 23.7 Å². The first kappa shape index (κ1) is 36.1. The highest BCUT2D eigenvalue weighted by molar-refractivity contribution is 4.53. The van der Waals surface area contributed by atoms with Gasteiger partial charge in [-0.1, -0.05) is 0 Å². The van der Waals surface area contributed by atoms with Gasteiger partial charge in [0, 0.05) is 37.3 Å². The van der Waals surface area contributed by atoms with Crippen LogP contribution in [0.3, 0.4) is 0 Å². The number of hydrogen-bond donors (Lipinski definition) is 6. The topological polar surface area (TPSA) is 202 Å². The van der Waals surface area contributed by atoms with Crippen molar-refractivity contribution in [3.05, 3.63) is 0 Å². The average Bonchev–Trinajstić information content (AvgIpc) is 2.68. The summed E-state index contributed by atoms with van der Waals surface area (Å²) < 4.78 is 26.1. The molecule has 0 aromatic rings. The molecule has 0 fully saturated rings. The molecule has 0 aromatic carbocycles. The third-order valence-electron chi connectivity index (χ3n) is 3.03. The van der Waals surface area contributed by atoms with Gasteiger partial charge in [0.1, 0.15) is 0 Å². The maximum atomic E-state index is 5.55. The molecule has 11 heteroatoms. The summed E-state index contributed by atoms with van der Waals surface area (Å²) in [6.07, 6.45) is 0.0673. The zero-order valence-electron chi connectivity index (χ0n) is 21.2. The maximum absolute atomic E-state index is 5.55. The van der Waals surface area contributed by atoms with Gasteiger partial charge in [0.25, 0.3) is 0 Å². The molecule has 0 bridgehead atoms. The summed E-state index contributed by atoms with van der Waals surface area (Å²) in [6, 6.07) is 0.376. The summed E-state index contributed by atoms with van der Waals surface area (Å²) in [5.74, 6) is 0. The van der Waals surface area contributed by atoms with Crippen LogP contribution >= 0.6 is 0 Å². The van der Waals surface area contributed by atoms with Gasteiger partial charge in [-0.15, -0.1) is 0 Å². The lowest BCUT2D eigenvalue weighted by Crippen LogP contribution is -2.27. The minimum Gasteiger partial charge on any atom is -0.379 e. The van der Waals surface area contributed by atoms with E-state index in [0.29, 0.717) is 72.6 Å². The van der Waals surface area contributed by atoms with Gasteiger partial charge in [0.2, 0.25) is 0 Å². The summed E-state index contributed by atoms with van der Waals surface area (Å²) in [4.78, 5) is 0. The molecule has 0 amide bonds. The highest BCUT2D eigenvalue weighted by Gasteiger charge is 2.03. The van der Waals surface area contributed by atoms with Crippen LogP contribution in [0.4, 0.5) is 0 Å². The Balaban J connectivity index is -0.000000442. The fraction of sp³-hybridized carbons (Fsp3) is 1.00. The molecule has 0 rings (SSSR count). The van der Waals surface area contributed by atoms with E-state index in [1.54, 1.807) is 0 Å². The van der Waals surface area contributed by atoms with Gasteiger partial charge in [-0.05, 0) is 34.6 Å². The van der Waals surface area contributed by atoms with Crippen molar-refractivity contribution in [1.82, 2.24) is 0 Å². The second kappa shape index (κ2) is 28.6. The van der Waals surface area contributed by atoms with Crippen molar-refractivity contribution in [1.29, 1.82) is 0 Å².